The van der Waals surface area contributed by atoms with Crippen LogP contribution in [0, 0.1) is 0 Å². The fourth-order valence-electron chi connectivity index (χ4n) is 2.66. The Morgan fingerprint density at radius 3 is 2.10 bits per heavy atom. The number of halogens is 1. The Hall–Kier alpha value is -3.51. The maximum Gasteiger partial charge on any atom is 0.255 e. The Kier molecular flexibility index (Phi) is 6.36. The molecule has 3 aromatic carbocycles. The zero-order valence-corrected chi connectivity index (χ0v) is 16.6. The Balaban J connectivity index is 1.72. The second-order valence-electron chi connectivity index (χ2n) is 6.04. The maximum atomic E-state index is 12.5. The summed E-state index contributed by atoms with van der Waals surface area (Å²) < 4.78 is 10.4. The minimum Gasteiger partial charge on any atom is -0.493 e. The van der Waals surface area contributed by atoms with Crippen LogP contribution in [-0.2, 0) is 0 Å². The van der Waals surface area contributed by atoms with Gasteiger partial charge in [-0.3, -0.25) is 9.59 Å². The summed E-state index contributed by atoms with van der Waals surface area (Å²) in [7, 11) is 3.03. The molecule has 3 rings (SSSR count). The van der Waals surface area contributed by atoms with Gasteiger partial charge in [0.05, 0.1) is 24.9 Å². The Morgan fingerprint density at radius 2 is 1.45 bits per heavy atom. The zero-order chi connectivity index (χ0) is 20.8. The number of nitrogens with one attached hydrogen (secondary N) is 2. The summed E-state index contributed by atoms with van der Waals surface area (Å²) in [5, 5.41) is 5.83. The van der Waals surface area contributed by atoms with Crippen LogP contribution >= 0.6 is 11.6 Å². The molecule has 148 valence electrons. The highest BCUT2D eigenvalue weighted by Crippen LogP contribution is 2.29. The molecule has 0 saturated carbocycles. The molecular formula is C22H19ClN2O4. The van der Waals surface area contributed by atoms with Crippen LogP contribution < -0.4 is 20.1 Å². The first-order chi connectivity index (χ1) is 14.0. The van der Waals surface area contributed by atoms with Gasteiger partial charge in [-0.2, -0.15) is 0 Å². The lowest BCUT2D eigenvalue weighted by atomic mass is 10.1. The summed E-state index contributed by atoms with van der Waals surface area (Å²) in [4.78, 5) is 24.8. The first-order valence-corrected chi connectivity index (χ1v) is 9.09. The van der Waals surface area contributed by atoms with Crippen molar-refractivity contribution < 1.29 is 19.1 Å². The first kappa shape index (κ1) is 20.2. The Bertz CT molecular complexity index is 1040. The van der Waals surface area contributed by atoms with Gasteiger partial charge in [0.2, 0.25) is 0 Å². The average Bonchev–Trinajstić information content (AvgIpc) is 2.75. The fourth-order valence-corrected chi connectivity index (χ4v) is 2.89. The van der Waals surface area contributed by atoms with Crippen molar-refractivity contribution in [3.05, 3.63) is 82.9 Å². The molecule has 0 saturated heterocycles. The van der Waals surface area contributed by atoms with Gasteiger partial charge in [-0.1, -0.05) is 29.8 Å². The number of methoxy groups -OCH3 is 2. The molecule has 0 heterocycles. The highest BCUT2D eigenvalue weighted by Gasteiger charge is 2.13. The summed E-state index contributed by atoms with van der Waals surface area (Å²) in [5.74, 6) is 0.389. The molecule has 0 spiro atoms. The summed E-state index contributed by atoms with van der Waals surface area (Å²) in [6.07, 6.45) is 0. The first-order valence-electron chi connectivity index (χ1n) is 8.71. The maximum absolute atomic E-state index is 12.5. The quantitative estimate of drug-likeness (QED) is 0.608. The van der Waals surface area contributed by atoms with E-state index in [1.54, 1.807) is 60.7 Å². The van der Waals surface area contributed by atoms with Crippen LogP contribution in [0.25, 0.3) is 0 Å². The van der Waals surface area contributed by atoms with Gasteiger partial charge < -0.3 is 20.1 Å². The van der Waals surface area contributed by atoms with Crippen molar-refractivity contribution in [1.82, 2.24) is 0 Å². The van der Waals surface area contributed by atoms with Gasteiger partial charge in [-0.15, -0.1) is 0 Å². The van der Waals surface area contributed by atoms with Crippen LogP contribution in [0.5, 0.6) is 11.5 Å². The van der Waals surface area contributed by atoms with Crippen LogP contribution in [0.2, 0.25) is 5.02 Å². The van der Waals surface area contributed by atoms with E-state index in [4.69, 9.17) is 21.1 Å². The van der Waals surface area contributed by atoms with Crippen LogP contribution in [-0.4, -0.2) is 26.0 Å². The molecule has 0 atom stereocenters. The summed E-state index contributed by atoms with van der Waals surface area (Å²) in [6, 6.07) is 18.5. The zero-order valence-electron chi connectivity index (χ0n) is 15.9. The lowest BCUT2D eigenvalue weighted by molar-refractivity contribution is 0.101. The third-order valence-corrected chi connectivity index (χ3v) is 4.47. The van der Waals surface area contributed by atoms with Crippen LogP contribution in [0.4, 0.5) is 11.4 Å². The van der Waals surface area contributed by atoms with Crippen molar-refractivity contribution in [3.8, 4) is 11.5 Å². The molecule has 0 unspecified atom stereocenters. The van der Waals surface area contributed by atoms with Crippen LogP contribution in [0.1, 0.15) is 20.7 Å². The fraction of sp³-hybridized carbons (Fsp3) is 0.0909. The van der Waals surface area contributed by atoms with E-state index < -0.39 is 0 Å². The van der Waals surface area contributed by atoms with E-state index in [2.05, 4.69) is 10.6 Å². The molecule has 6 nitrogen and oxygen atoms in total. The molecule has 0 fully saturated rings. The van der Waals surface area contributed by atoms with E-state index in [1.807, 2.05) is 6.07 Å². The number of ether oxygens (including phenoxy) is 2. The molecular weight excluding hydrogens is 392 g/mol. The summed E-state index contributed by atoms with van der Waals surface area (Å²) in [5.41, 5.74) is 1.87. The number of hydrogen-bond acceptors (Lipinski definition) is 4. The molecule has 0 aliphatic carbocycles. The smallest absolute Gasteiger partial charge is 0.255 e. The van der Waals surface area contributed by atoms with Crippen LogP contribution in [0.3, 0.4) is 0 Å². The molecule has 2 N–H and O–H groups in total. The van der Waals surface area contributed by atoms with Gasteiger partial charge >= 0.3 is 0 Å². The molecule has 29 heavy (non-hydrogen) atoms. The highest BCUT2D eigenvalue weighted by molar-refractivity contribution is 6.34. The van der Waals surface area contributed by atoms with E-state index >= 15 is 0 Å². The van der Waals surface area contributed by atoms with Gasteiger partial charge in [0.1, 0.15) is 0 Å². The molecule has 0 aliphatic rings. The number of rotatable bonds is 6. The van der Waals surface area contributed by atoms with E-state index in [9.17, 15) is 9.59 Å². The molecule has 0 aromatic heterocycles. The molecule has 3 aromatic rings. The molecule has 0 aliphatic heterocycles. The predicted octanol–water partition coefficient (Wildman–Crippen LogP) is 4.86. The van der Waals surface area contributed by atoms with E-state index in [-0.39, 0.29) is 11.8 Å². The van der Waals surface area contributed by atoms with Crippen molar-refractivity contribution in [2.24, 2.45) is 0 Å². The van der Waals surface area contributed by atoms with Crippen LogP contribution in [0.15, 0.2) is 66.7 Å². The van der Waals surface area contributed by atoms with E-state index in [1.165, 1.54) is 14.2 Å². The number of carbonyl (C=O) groups excluding carboxylic acids is 2. The molecule has 7 heteroatoms. The summed E-state index contributed by atoms with van der Waals surface area (Å²) in [6.45, 7) is 0. The third kappa shape index (κ3) is 4.86. The van der Waals surface area contributed by atoms with Crippen molar-refractivity contribution in [2.75, 3.05) is 24.9 Å². The Morgan fingerprint density at radius 1 is 0.759 bits per heavy atom. The second kappa shape index (κ2) is 9.12. The third-order valence-electron chi connectivity index (χ3n) is 4.16. The van der Waals surface area contributed by atoms with Crippen molar-refractivity contribution in [2.45, 2.75) is 0 Å². The number of anilines is 2. The minimum atomic E-state index is -0.330. The molecule has 0 radical (unpaired) electrons. The number of hydrogen-bond donors (Lipinski definition) is 2. The van der Waals surface area contributed by atoms with Gasteiger partial charge in [0.25, 0.3) is 11.8 Å². The SMILES string of the molecule is COc1ccc(C(=O)Nc2ccc(NC(=O)c3ccccc3)c(Cl)c2)cc1OC. The molecule has 0 bridgehead atoms. The monoisotopic (exact) mass is 410 g/mol. The molecule has 2 amide bonds. The normalized spacial score (nSPS) is 10.2. The standard InChI is InChI=1S/C22H19ClN2O4/c1-28-19-11-8-15(12-20(19)29-2)22(27)24-16-9-10-18(17(23)13-16)25-21(26)14-6-4-3-5-7-14/h3-13H,1-2H3,(H,24,27)(H,25,26). The van der Waals surface area contributed by atoms with Gasteiger partial charge in [-0.25, -0.2) is 0 Å². The second-order valence-corrected chi connectivity index (χ2v) is 6.45. The van der Waals surface area contributed by atoms with Gasteiger partial charge in [0, 0.05) is 16.8 Å². The lowest BCUT2D eigenvalue weighted by Gasteiger charge is -2.12. The van der Waals surface area contributed by atoms with Gasteiger partial charge in [-0.05, 0) is 48.5 Å². The van der Waals surface area contributed by atoms with Crippen molar-refractivity contribution in [3.63, 3.8) is 0 Å². The average molecular weight is 411 g/mol. The van der Waals surface area contributed by atoms with Gasteiger partial charge in [0.15, 0.2) is 11.5 Å². The lowest BCUT2D eigenvalue weighted by Crippen LogP contribution is -2.13. The van der Waals surface area contributed by atoms with E-state index in [0.29, 0.717) is 39.0 Å². The number of carbonyl (C=O) groups is 2. The topological polar surface area (TPSA) is 76.7 Å². The van der Waals surface area contributed by atoms with Crippen molar-refractivity contribution in [1.29, 1.82) is 0 Å². The summed E-state index contributed by atoms with van der Waals surface area (Å²) >= 11 is 6.28. The Labute approximate surface area is 173 Å². The van der Waals surface area contributed by atoms with Crippen molar-refractivity contribution >= 4 is 34.8 Å². The predicted molar refractivity (Wildman–Crippen MR) is 113 cm³/mol. The van der Waals surface area contributed by atoms with E-state index in [0.717, 1.165) is 0 Å². The number of benzene rings is 3. The largest absolute Gasteiger partial charge is 0.493 e. The minimum absolute atomic E-state index is 0.269. The highest BCUT2D eigenvalue weighted by atomic mass is 35.5. The number of amides is 2.